The Morgan fingerprint density at radius 1 is 1.14 bits per heavy atom. The third kappa shape index (κ3) is 3.45. The molecule has 0 saturated carbocycles. The Bertz CT molecular complexity index is 946. The van der Waals surface area contributed by atoms with E-state index < -0.39 is 41.6 Å². The molecule has 1 atom stereocenters. The molecule has 0 bridgehead atoms. The van der Waals surface area contributed by atoms with Gasteiger partial charge in [0.05, 0.1) is 0 Å². The summed E-state index contributed by atoms with van der Waals surface area (Å²) in [5, 5.41) is 5.08. The summed E-state index contributed by atoms with van der Waals surface area (Å²) in [6, 6.07) is 8.73. The van der Waals surface area contributed by atoms with Gasteiger partial charge in [-0.05, 0) is 48.7 Å². The molecular weight excluding hydrogens is 368 g/mol. The minimum atomic E-state index is -1.36. The van der Waals surface area contributed by atoms with E-state index in [9.17, 15) is 23.2 Å². The number of amides is 4. The summed E-state index contributed by atoms with van der Waals surface area (Å²) in [7, 11) is 0. The maximum absolute atomic E-state index is 13.6. The van der Waals surface area contributed by atoms with E-state index in [1.807, 2.05) is 0 Å². The number of carbonyl (C=O) groups is 3. The number of hydrogen-bond acceptors (Lipinski definition) is 3. The average molecular weight is 387 g/mol. The number of anilines is 1. The van der Waals surface area contributed by atoms with E-state index in [1.165, 1.54) is 36.4 Å². The number of benzene rings is 2. The van der Waals surface area contributed by atoms with Crippen LogP contribution in [0.4, 0.5) is 19.3 Å². The van der Waals surface area contributed by atoms with Gasteiger partial charge in [-0.15, -0.1) is 0 Å². The molecule has 0 radical (unpaired) electrons. The third-order valence-corrected chi connectivity index (χ3v) is 4.80. The van der Waals surface area contributed by atoms with E-state index in [0.29, 0.717) is 11.1 Å². The van der Waals surface area contributed by atoms with Gasteiger partial charge < -0.3 is 10.6 Å². The molecule has 4 amide bonds. The molecule has 1 aliphatic rings. The maximum atomic E-state index is 13.6. The Hall–Kier alpha value is -3.29. The van der Waals surface area contributed by atoms with Crippen molar-refractivity contribution >= 4 is 23.5 Å². The van der Waals surface area contributed by atoms with Gasteiger partial charge in [0, 0.05) is 5.69 Å². The summed E-state index contributed by atoms with van der Waals surface area (Å²) in [5.41, 5.74) is -0.279. The first-order valence-electron chi connectivity index (χ1n) is 8.73. The lowest BCUT2D eigenvalue weighted by Gasteiger charge is -2.25. The second-order valence-electron chi connectivity index (χ2n) is 6.60. The highest BCUT2D eigenvalue weighted by atomic mass is 19.1. The van der Waals surface area contributed by atoms with Crippen LogP contribution in [0.1, 0.15) is 24.5 Å². The fraction of sp³-hybridized carbons (Fsp3) is 0.250. The van der Waals surface area contributed by atoms with Crippen molar-refractivity contribution in [1.29, 1.82) is 0 Å². The van der Waals surface area contributed by atoms with Crippen LogP contribution in [0.15, 0.2) is 42.5 Å². The molecule has 2 aromatic carbocycles. The molecule has 0 aromatic heterocycles. The minimum absolute atomic E-state index is 0.223. The number of carbonyl (C=O) groups excluding carboxylic acids is 3. The van der Waals surface area contributed by atoms with Crippen LogP contribution in [0.3, 0.4) is 0 Å². The molecule has 1 aliphatic heterocycles. The zero-order chi connectivity index (χ0) is 20.5. The molecule has 28 heavy (non-hydrogen) atoms. The number of aryl methyl sites for hydroxylation is 1. The van der Waals surface area contributed by atoms with E-state index >= 15 is 0 Å². The molecule has 6 nitrogen and oxygen atoms in total. The topological polar surface area (TPSA) is 78.5 Å². The minimum Gasteiger partial charge on any atom is -0.324 e. The number of halogens is 2. The molecule has 146 valence electrons. The maximum Gasteiger partial charge on any atom is 0.325 e. The van der Waals surface area contributed by atoms with Crippen LogP contribution >= 0.6 is 0 Å². The lowest BCUT2D eigenvalue weighted by atomic mass is 9.87. The second kappa shape index (κ2) is 7.38. The summed E-state index contributed by atoms with van der Waals surface area (Å²) in [6.45, 7) is 2.78. The number of imide groups is 1. The zero-order valence-electron chi connectivity index (χ0n) is 15.4. The van der Waals surface area contributed by atoms with E-state index in [-0.39, 0.29) is 12.1 Å². The van der Waals surface area contributed by atoms with Gasteiger partial charge in [-0.3, -0.25) is 14.5 Å². The van der Waals surface area contributed by atoms with E-state index in [2.05, 4.69) is 10.6 Å². The normalized spacial score (nSPS) is 18.9. The molecule has 0 spiro atoms. The van der Waals surface area contributed by atoms with Crippen LogP contribution in [-0.4, -0.2) is 29.3 Å². The predicted molar refractivity (Wildman–Crippen MR) is 98.4 cm³/mol. The van der Waals surface area contributed by atoms with Crippen LogP contribution in [0, 0.1) is 18.6 Å². The van der Waals surface area contributed by atoms with Gasteiger partial charge >= 0.3 is 6.03 Å². The standard InChI is InChI=1S/C20H19F2N3O3/c1-3-20(13-5-7-14(21)8-6-13)18(27)25(19(28)24-20)11-17(26)23-15-9-4-12(2)16(22)10-15/h4-10H,3,11H2,1-2H3,(H,23,26)(H,24,28)/t20-/m1/s1. The monoisotopic (exact) mass is 387 g/mol. The van der Waals surface area contributed by atoms with E-state index in [4.69, 9.17) is 0 Å². The number of hydrogen-bond donors (Lipinski definition) is 2. The fourth-order valence-electron chi connectivity index (χ4n) is 3.16. The lowest BCUT2D eigenvalue weighted by molar-refractivity contribution is -0.134. The van der Waals surface area contributed by atoms with E-state index in [1.54, 1.807) is 13.8 Å². The summed E-state index contributed by atoms with van der Waals surface area (Å²) in [5.74, 6) is -2.18. The zero-order valence-corrected chi connectivity index (χ0v) is 15.4. The first-order valence-corrected chi connectivity index (χ1v) is 8.73. The van der Waals surface area contributed by atoms with Crippen LogP contribution in [0.5, 0.6) is 0 Å². The largest absolute Gasteiger partial charge is 0.325 e. The number of nitrogens with one attached hydrogen (secondary N) is 2. The van der Waals surface area contributed by atoms with Gasteiger partial charge in [-0.25, -0.2) is 13.6 Å². The summed E-state index contributed by atoms with van der Waals surface area (Å²) >= 11 is 0. The van der Waals surface area contributed by atoms with Gasteiger partial charge in [0.1, 0.15) is 23.7 Å². The summed E-state index contributed by atoms with van der Waals surface area (Å²) in [4.78, 5) is 38.4. The Morgan fingerprint density at radius 2 is 1.82 bits per heavy atom. The van der Waals surface area contributed by atoms with Crippen LogP contribution in [0.25, 0.3) is 0 Å². The molecule has 1 heterocycles. The van der Waals surface area contributed by atoms with Gasteiger partial charge in [-0.2, -0.15) is 0 Å². The molecule has 1 saturated heterocycles. The molecular formula is C20H19F2N3O3. The van der Waals surface area contributed by atoms with Gasteiger partial charge in [0.15, 0.2) is 0 Å². The highest BCUT2D eigenvalue weighted by molar-refractivity contribution is 6.10. The first kappa shape index (κ1) is 19.5. The third-order valence-electron chi connectivity index (χ3n) is 4.80. The molecule has 2 aromatic rings. The number of nitrogens with zero attached hydrogens (tertiary/aromatic N) is 1. The molecule has 8 heteroatoms. The van der Waals surface area contributed by atoms with Crippen molar-refractivity contribution in [2.24, 2.45) is 0 Å². The van der Waals surface area contributed by atoms with Gasteiger partial charge in [-0.1, -0.05) is 25.1 Å². The fourth-order valence-corrected chi connectivity index (χ4v) is 3.16. The van der Waals surface area contributed by atoms with Crippen molar-refractivity contribution in [2.75, 3.05) is 11.9 Å². The van der Waals surface area contributed by atoms with Gasteiger partial charge in [0.25, 0.3) is 5.91 Å². The summed E-state index contributed by atoms with van der Waals surface area (Å²) < 4.78 is 26.8. The molecule has 0 aliphatic carbocycles. The SMILES string of the molecule is CC[C@]1(c2ccc(F)cc2)NC(=O)N(CC(=O)Nc2ccc(C)c(F)c2)C1=O. The Kier molecular flexibility index (Phi) is 5.13. The van der Waals surface area contributed by atoms with Crippen LogP contribution in [-0.2, 0) is 15.1 Å². The Balaban J connectivity index is 1.78. The Morgan fingerprint density at radius 3 is 2.43 bits per heavy atom. The highest BCUT2D eigenvalue weighted by Gasteiger charge is 2.51. The van der Waals surface area contributed by atoms with Crippen molar-refractivity contribution in [3.05, 3.63) is 65.2 Å². The lowest BCUT2D eigenvalue weighted by Crippen LogP contribution is -2.44. The highest BCUT2D eigenvalue weighted by Crippen LogP contribution is 2.32. The summed E-state index contributed by atoms with van der Waals surface area (Å²) in [6.07, 6.45) is 0.227. The number of rotatable bonds is 5. The average Bonchev–Trinajstić information content (AvgIpc) is 2.90. The number of urea groups is 1. The Labute approximate surface area is 160 Å². The molecule has 1 fully saturated rings. The van der Waals surface area contributed by atoms with Crippen molar-refractivity contribution in [1.82, 2.24) is 10.2 Å². The van der Waals surface area contributed by atoms with Crippen molar-refractivity contribution in [3.63, 3.8) is 0 Å². The first-order chi connectivity index (χ1) is 13.3. The van der Waals surface area contributed by atoms with Crippen LogP contribution in [0.2, 0.25) is 0 Å². The van der Waals surface area contributed by atoms with Crippen LogP contribution < -0.4 is 10.6 Å². The predicted octanol–water partition coefficient (Wildman–Crippen LogP) is 3.07. The van der Waals surface area contributed by atoms with Gasteiger partial charge in [0.2, 0.25) is 5.91 Å². The smallest absolute Gasteiger partial charge is 0.324 e. The molecule has 3 rings (SSSR count). The molecule has 2 N–H and O–H groups in total. The second-order valence-corrected chi connectivity index (χ2v) is 6.60. The van der Waals surface area contributed by atoms with E-state index in [0.717, 1.165) is 11.0 Å². The quantitative estimate of drug-likeness (QED) is 0.774. The van der Waals surface area contributed by atoms with Crippen molar-refractivity contribution < 1.29 is 23.2 Å². The van der Waals surface area contributed by atoms with Crippen molar-refractivity contribution in [3.8, 4) is 0 Å². The molecule has 0 unspecified atom stereocenters. The van der Waals surface area contributed by atoms with Crippen molar-refractivity contribution in [2.45, 2.75) is 25.8 Å².